The van der Waals surface area contributed by atoms with Crippen LogP contribution in [0, 0.1) is 0 Å². The van der Waals surface area contributed by atoms with Gasteiger partial charge in [0.2, 0.25) is 0 Å². The standard InChI is InChI=1S/C14H31N3O2S/c1-5-14-9-6-7-12-17(14)20(18,19)16(4)11-8-10-15-13(2)3/h13-15H,5-12H2,1-4H3. The Balaban J connectivity index is 2.53. The van der Waals surface area contributed by atoms with Gasteiger partial charge in [-0.1, -0.05) is 27.2 Å². The predicted octanol–water partition coefficient (Wildman–Crippen LogP) is 1.82. The number of rotatable bonds is 8. The van der Waals surface area contributed by atoms with Gasteiger partial charge in [0.1, 0.15) is 0 Å². The van der Waals surface area contributed by atoms with Crippen molar-refractivity contribution in [2.24, 2.45) is 0 Å². The maximum Gasteiger partial charge on any atom is 0.281 e. The summed E-state index contributed by atoms with van der Waals surface area (Å²) < 4.78 is 28.5. The van der Waals surface area contributed by atoms with E-state index in [0.29, 0.717) is 19.1 Å². The predicted molar refractivity (Wildman–Crippen MR) is 83.9 cm³/mol. The van der Waals surface area contributed by atoms with E-state index < -0.39 is 10.2 Å². The minimum atomic E-state index is -3.29. The van der Waals surface area contributed by atoms with Gasteiger partial charge in [0.15, 0.2) is 0 Å². The van der Waals surface area contributed by atoms with Crippen molar-refractivity contribution < 1.29 is 8.42 Å². The molecule has 120 valence electrons. The van der Waals surface area contributed by atoms with Crippen molar-refractivity contribution in [3.05, 3.63) is 0 Å². The van der Waals surface area contributed by atoms with E-state index in [-0.39, 0.29) is 6.04 Å². The third-order valence-corrected chi connectivity index (χ3v) is 5.98. The Labute approximate surface area is 124 Å². The molecule has 0 radical (unpaired) electrons. The molecule has 1 fully saturated rings. The van der Waals surface area contributed by atoms with Crippen LogP contribution < -0.4 is 5.32 Å². The van der Waals surface area contributed by atoms with Gasteiger partial charge in [0.05, 0.1) is 0 Å². The Kier molecular flexibility index (Phi) is 7.43. The Bertz CT molecular complexity index is 371. The molecular weight excluding hydrogens is 274 g/mol. The lowest BCUT2D eigenvalue weighted by Crippen LogP contribution is -2.49. The molecule has 0 aromatic carbocycles. The van der Waals surface area contributed by atoms with Crippen LogP contribution in [0.5, 0.6) is 0 Å². The molecule has 1 atom stereocenters. The third kappa shape index (κ3) is 4.98. The molecule has 0 saturated carbocycles. The number of hydrogen-bond donors (Lipinski definition) is 1. The molecule has 1 aliphatic rings. The van der Waals surface area contributed by atoms with Crippen molar-refractivity contribution >= 4 is 10.2 Å². The first-order valence-electron chi connectivity index (χ1n) is 7.86. The van der Waals surface area contributed by atoms with Crippen molar-refractivity contribution in [2.45, 2.75) is 65.0 Å². The second-order valence-electron chi connectivity index (χ2n) is 5.96. The van der Waals surface area contributed by atoms with E-state index in [1.807, 2.05) is 0 Å². The van der Waals surface area contributed by atoms with Crippen molar-refractivity contribution in [2.75, 3.05) is 26.7 Å². The Morgan fingerprint density at radius 1 is 1.35 bits per heavy atom. The van der Waals surface area contributed by atoms with E-state index in [1.165, 1.54) is 4.31 Å². The van der Waals surface area contributed by atoms with E-state index in [9.17, 15) is 8.42 Å². The summed E-state index contributed by atoms with van der Waals surface area (Å²) in [5.41, 5.74) is 0. The summed E-state index contributed by atoms with van der Waals surface area (Å²) in [7, 11) is -1.58. The lowest BCUT2D eigenvalue weighted by Gasteiger charge is -2.36. The molecule has 1 unspecified atom stereocenters. The van der Waals surface area contributed by atoms with Gasteiger partial charge >= 0.3 is 0 Å². The van der Waals surface area contributed by atoms with E-state index in [1.54, 1.807) is 11.4 Å². The zero-order valence-corrected chi connectivity index (χ0v) is 14.2. The number of hydrogen-bond acceptors (Lipinski definition) is 3. The topological polar surface area (TPSA) is 52.7 Å². The fourth-order valence-corrected chi connectivity index (χ4v) is 4.38. The zero-order chi connectivity index (χ0) is 15.2. The molecule has 20 heavy (non-hydrogen) atoms. The maximum absolute atomic E-state index is 12.6. The van der Waals surface area contributed by atoms with Gasteiger partial charge < -0.3 is 5.32 Å². The van der Waals surface area contributed by atoms with Gasteiger partial charge in [-0.15, -0.1) is 0 Å². The van der Waals surface area contributed by atoms with E-state index in [0.717, 1.165) is 38.6 Å². The molecule has 0 amide bonds. The van der Waals surface area contributed by atoms with Crippen LogP contribution in [-0.2, 0) is 10.2 Å². The van der Waals surface area contributed by atoms with Crippen LogP contribution in [0.3, 0.4) is 0 Å². The van der Waals surface area contributed by atoms with Crippen molar-refractivity contribution in [3.63, 3.8) is 0 Å². The number of piperidine rings is 1. The first-order chi connectivity index (χ1) is 9.39. The van der Waals surface area contributed by atoms with Crippen molar-refractivity contribution in [1.29, 1.82) is 0 Å². The molecule has 1 N–H and O–H groups in total. The summed E-state index contributed by atoms with van der Waals surface area (Å²) in [5.74, 6) is 0. The Morgan fingerprint density at radius 2 is 2.05 bits per heavy atom. The summed E-state index contributed by atoms with van der Waals surface area (Å²) in [4.78, 5) is 0. The first kappa shape index (κ1) is 17.9. The quantitative estimate of drug-likeness (QED) is 0.696. The Hall–Kier alpha value is -0.170. The highest BCUT2D eigenvalue weighted by molar-refractivity contribution is 7.86. The molecule has 0 spiro atoms. The third-order valence-electron chi connectivity index (χ3n) is 3.94. The minimum absolute atomic E-state index is 0.185. The van der Waals surface area contributed by atoms with Crippen LogP contribution in [0.4, 0.5) is 0 Å². The number of nitrogens with zero attached hydrogens (tertiary/aromatic N) is 2. The molecule has 0 aromatic heterocycles. The highest BCUT2D eigenvalue weighted by Gasteiger charge is 2.33. The molecule has 1 rings (SSSR count). The summed E-state index contributed by atoms with van der Waals surface area (Å²) in [5, 5.41) is 3.32. The SMILES string of the molecule is CCC1CCCCN1S(=O)(=O)N(C)CCCNC(C)C. The Morgan fingerprint density at radius 3 is 2.65 bits per heavy atom. The van der Waals surface area contributed by atoms with Crippen molar-refractivity contribution in [1.82, 2.24) is 13.9 Å². The van der Waals surface area contributed by atoms with E-state index >= 15 is 0 Å². The highest BCUT2D eigenvalue weighted by Crippen LogP contribution is 2.24. The lowest BCUT2D eigenvalue weighted by atomic mass is 10.0. The van der Waals surface area contributed by atoms with Crippen LogP contribution >= 0.6 is 0 Å². The molecule has 0 aromatic rings. The lowest BCUT2D eigenvalue weighted by molar-refractivity contribution is 0.230. The maximum atomic E-state index is 12.6. The fourth-order valence-electron chi connectivity index (χ4n) is 2.67. The fraction of sp³-hybridized carbons (Fsp3) is 1.00. The van der Waals surface area contributed by atoms with E-state index in [2.05, 4.69) is 26.1 Å². The van der Waals surface area contributed by atoms with Crippen LogP contribution in [0.15, 0.2) is 0 Å². The molecule has 1 aliphatic heterocycles. The molecule has 1 heterocycles. The molecule has 6 heteroatoms. The average Bonchev–Trinajstić information content (AvgIpc) is 2.42. The van der Waals surface area contributed by atoms with Gasteiger partial charge in [0, 0.05) is 32.2 Å². The van der Waals surface area contributed by atoms with Crippen LogP contribution in [0.2, 0.25) is 0 Å². The second kappa shape index (κ2) is 8.32. The van der Waals surface area contributed by atoms with Gasteiger partial charge in [-0.05, 0) is 32.2 Å². The van der Waals surface area contributed by atoms with Gasteiger partial charge in [-0.2, -0.15) is 17.0 Å². The molecule has 5 nitrogen and oxygen atoms in total. The molecule has 0 bridgehead atoms. The van der Waals surface area contributed by atoms with Crippen molar-refractivity contribution in [3.8, 4) is 0 Å². The minimum Gasteiger partial charge on any atom is -0.314 e. The monoisotopic (exact) mass is 305 g/mol. The molecule has 0 aliphatic carbocycles. The summed E-state index contributed by atoms with van der Waals surface area (Å²) in [6.07, 6.45) is 4.88. The smallest absolute Gasteiger partial charge is 0.281 e. The summed E-state index contributed by atoms with van der Waals surface area (Å²) >= 11 is 0. The van der Waals surface area contributed by atoms with E-state index in [4.69, 9.17) is 0 Å². The molecule has 1 saturated heterocycles. The largest absolute Gasteiger partial charge is 0.314 e. The van der Waals surface area contributed by atoms with Gasteiger partial charge in [0.25, 0.3) is 10.2 Å². The van der Waals surface area contributed by atoms with Gasteiger partial charge in [-0.25, -0.2) is 0 Å². The van der Waals surface area contributed by atoms with Crippen LogP contribution in [0.25, 0.3) is 0 Å². The molecular formula is C14H31N3O2S. The summed E-state index contributed by atoms with van der Waals surface area (Å²) in [6, 6.07) is 0.633. The van der Waals surface area contributed by atoms with Gasteiger partial charge in [-0.3, -0.25) is 0 Å². The summed E-state index contributed by atoms with van der Waals surface area (Å²) in [6.45, 7) is 8.38. The second-order valence-corrected chi connectivity index (χ2v) is 7.95. The highest BCUT2D eigenvalue weighted by atomic mass is 32.2. The average molecular weight is 305 g/mol. The first-order valence-corrected chi connectivity index (χ1v) is 9.25. The normalized spacial score (nSPS) is 21.8. The number of nitrogens with one attached hydrogen (secondary N) is 1. The van der Waals surface area contributed by atoms with Crippen LogP contribution in [-0.4, -0.2) is 55.8 Å². The van der Waals surface area contributed by atoms with Crippen LogP contribution in [0.1, 0.15) is 52.9 Å². The zero-order valence-electron chi connectivity index (χ0n) is 13.4.